The average molecular weight is 761 g/mol. The number of hydrogen-bond donors (Lipinski definition) is 6. The minimum Gasteiger partial charge on any atom is -0.381 e. The number of carbonyl (C=O) groups is 9. The Bertz CT molecular complexity index is 1160. The van der Waals surface area contributed by atoms with Crippen LogP contribution in [0, 0.1) is 0 Å². The summed E-state index contributed by atoms with van der Waals surface area (Å²) in [5.41, 5.74) is 5.88. The highest BCUT2D eigenvalue weighted by atomic mass is 32.2. The Morgan fingerprint density at radius 3 is 1.43 bits per heavy atom. The van der Waals surface area contributed by atoms with Crippen LogP contribution in [0.2, 0.25) is 0 Å². The van der Waals surface area contributed by atoms with E-state index in [-0.39, 0.29) is 119 Å². The number of thioether (sulfide) groups is 2. The van der Waals surface area contributed by atoms with Crippen LogP contribution < -0.4 is 32.3 Å². The Morgan fingerprint density at radius 2 is 1.10 bits per heavy atom. The van der Waals surface area contributed by atoms with Crippen LogP contribution >= 0.6 is 23.5 Å². The van der Waals surface area contributed by atoms with Gasteiger partial charge in [0.25, 0.3) is 0 Å². The molecule has 0 bridgehead atoms. The van der Waals surface area contributed by atoms with E-state index >= 15 is 0 Å². The molecule has 2 saturated heterocycles. The highest BCUT2D eigenvalue weighted by Crippen LogP contribution is 2.24. The molecular formula is C31H52N8O10S2. The second-order valence-corrected chi connectivity index (χ2v) is 13.4. The van der Waals surface area contributed by atoms with Gasteiger partial charge in [-0.1, -0.05) is 0 Å². The van der Waals surface area contributed by atoms with Crippen molar-refractivity contribution in [3.63, 3.8) is 0 Å². The lowest BCUT2D eigenvalue weighted by Gasteiger charge is -2.15. The van der Waals surface area contributed by atoms with Crippen molar-refractivity contribution in [3.05, 3.63) is 0 Å². The number of nitrogens with zero attached hydrogens (tertiary/aromatic N) is 2. The largest absolute Gasteiger partial charge is 0.381 e. The third-order valence-electron chi connectivity index (χ3n) is 7.49. The van der Waals surface area contributed by atoms with E-state index in [0.717, 1.165) is 9.80 Å². The number of rotatable bonds is 22. The Balaban J connectivity index is 0.00000127. The van der Waals surface area contributed by atoms with Gasteiger partial charge in [-0.2, -0.15) is 23.5 Å². The predicted octanol–water partition coefficient (Wildman–Crippen LogP) is -2.52. The summed E-state index contributed by atoms with van der Waals surface area (Å²) in [7, 11) is 1.62. The minimum atomic E-state index is -0.740. The van der Waals surface area contributed by atoms with Gasteiger partial charge in [-0.3, -0.25) is 53.0 Å². The molecule has 0 aromatic carbocycles. The minimum absolute atomic E-state index is 0.0120. The van der Waals surface area contributed by atoms with Gasteiger partial charge in [0.15, 0.2) is 0 Å². The molecule has 20 heteroatoms. The third kappa shape index (κ3) is 17.8. The van der Waals surface area contributed by atoms with E-state index in [1.165, 1.54) is 23.5 Å². The number of imide groups is 2. The Kier molecular flexibility index (Phi) is 22.4. The van der Waals surface area contributed by atoms with Crippen LogP contribution in [0.15, 0.2) is 0 Å². The van der Waals surface area contributed by atoms with Crippen molar-refractivity contribution in [1.82, 2.24) is 36.4 Å². The maximum absolute atomic E-state index is 12.1. The normalized spacial score (nSPS) is 17.4. The van der Waals surface area contributed by atoms with E-state index in [4.69, 9.17) is 10.5 Å². The second kappa shape index (κ2) is 25.2. The highest BCUT2D eigenvalue weighted by molar-refractivity contribution is 8.00. The molecule has 0 spiro atoms. The zero-order valence-corrected chi connectivity index (χ0v) is 31.3. The first kappa shape index (κ1) is 45.3. The van der Waals surface area contributed by atoms with Crippen LogP contribution in [-0.4, -0.2) is 152 Å². The molecular weight excluding hydrogens is 709 g/mol. The zero-order chi connectivity index (χ0) is 38.3. The molecule has 0 radical (unpaired) electrons. The van der Waals surface area contributed by atoms with E-state index in [1.54, 1.807) is 19.6 Å². The van der Waals surface area contributed by atoms with Crippen LogP contribution in [0.4, 0.5) is 0 Å². The first-order chi connectivity index (χ1) is 24.3. The average Bonchev–Trinajstić information content (AvgIpc) is 3.53. The number of likely N-dealkylation sites (tertiary alicyclic amines) is 2. The van der Waals surface area contributed by atoms with Crippen LogP contribution in [0.3, 0.4) is 0 Å². The standard InChI is InChI=1S/C25H39N7O8S2.C6H13NO2/c1-41-16-13-22(37)31(24(16)39)9-3-18(33)27-5-7-29-20(35)11-15(26)12-21(36)30-8-6-28-19(34)4-10-32-23(38)14-17(42-2)25(32)40;1-3-9-5-4-6(8)7-2/h15-17H,3-14,26H2,1-2H3,(H,27,33)(H,28,34)(H,29,35)(H,30,36);3-5H2,1-2H3,(H,7,8). The van der Waals surface area contributed by atoms with Crippen molar-refractivity contribution >= 4 is 76.7 Å². The van der Waals surface area contributed by atoms with Crippen molar-refractivity contribution in [2.45, 2.75) is 68.4 Å². The Morgan fingerprint density at radius 1 is 0.706 bits per heavy atom. The molecule has 2 aliphatic rings. The van der Waals surface area contributed by atoms with Gasteiger partial charge < -0.3 is 37.1 Å². The number of nitrogens with two attached hydrogens (primary N) is 1. The smallest absolute Gasteiger partial charge is 0.242 e. The maximum atomic E-state index is 12.1. The number of ether oxygens (including phenoxy) is 1. The summed E-state index contributed by atoms with van der Waals surface area (Å²) >= 11 is 2.61. The number of hydrogen-bond acceptors (Lipinski definition) is 13. The molecule has 0 aliphatic carbocycles. The molecule has 51 heavy (non-hydrogen) atoms. The van der Waals surface area contributed by atoms with Crippen molar-refractivity contribution in [3.8, 4) is 0 Å². The van der Waals surface area contributed by atoms with Crippen molar-refractivity contribution in [2.75, 3.05) is 72.0 Å². The first-order valence-corrected chi connectivity index (χ1v) is 19.2. The SMILES string of the molecule is CCOCCC(=O)NC.CSC1CC(=O)N(CCC(=O)NCCNC(=O)CC(N)CC(=O)NCCNC(=O)CCN2C(=O)CC(SC)C2=O)C1=O. The van der Waals surface area contributed by atoms with E-state index < -0.39 is 28.4 Å². The maximum Gasteiger partial charge on any atom is 0.242 e. The number of nitrogens with one attached hydrogen (secondary N) is 5. The molecule has 0 aromatic heterocycles. The first-order valence-electron chi connectivity index (χ1n) is 16.6. The lowest BCUT2D eigenvalue weighted by molar-refractivity contribution is -0.140. The van der Waals surface area contributed by atoms with Crippen molar-refractivity contribution < 1.29 is 47.9 Å². The topological polar surface area (TPSA) is 256 Å². The molecule has 2 aliphatic heterocycles. The second-order valence-electron chi connectivity index (χ2n) is 11.3. The van der Waals surface area contributed by atoms with Gasteiger partial charge >= 0.3 is 0 Å². The molecule has 2 fully saturated rings. The molecule has 18 nitrogen and oxygen atoms in total. The number of carbonyl (C=O) groups excluding carboxylic acids is 9. The molecule has 7 N–H and O–H groups in total. The van der Waals surface area contributed by atoms with E-state index in [2.05, 4.69) is 26.6 Å². The Hall–Kier alpha value is -3.75. The van der Waals surface area contributed by atoms with Gasteiger partial charge in [-0.25, -0.2) is 0 Å². The summed E-state index contributed by atoms with van der Waals surface area (Å²) in [6, 6.07) is -0.740. The summed E-state index contributed by atoms with van der Waals surface area (Å²) in [6.07, 6.45) is 3.97. The lowest BCUT2D eigenvalue weighted by Crippen LogP contribution is -2.41. The zero-order valence-electron chi connectivity index (χ0n) is 29.7. The van der Waals surface area contributed by atoms with Crippen LogP contribution in [-0.2, 0) is 47.9 Å². The predicted molar refractivity (Wildman–Crippen MR) is 191 cm³/mol. The van der Waals surface area contributed by atoms with Gasteiger partial charge in [-0.05, 0) is 19.4 Å². The number of amides is 9. The van der Waals surface area contributed by atoms with Crippen molar-refractivity contribution in [1.29, 1.82) is 0 Å². The van der Waals surface area contributed by atoms with E-state index in [9.17, 15) is 43.2 Å². The fourth-order valence-corrected chi connectivity index (χ4v) is 5.96. The molecule has 288 valence electrons. The van der Waals surface area contributed by atoms with Gasteiger partial charge in [-0.15, -0.1) is 0 Å². The summed E-state index contributed by atoms with van der Waals surface area (Å²) < 4.78 is 4.95. The Labute approximate surface area is 306 Å². The van der Waals surface area contributed by atoms with Gasteiger partial charge in [0.2, 0.25) is 53.2 Å². The van der Waals surface area contributed by atoms with E-state index in [0.29, 0.717) is 19.6 Å². The molecule has 2 unspecified atom stereocenters. The van der Waals surface area contributed by atoms with Crippen LogP contribution in [0.1, 0.15) is 51.9 Å². The summed E-state index contributed by atoms with van der Waals surface area (Å²) in [5.74, 6) is -2.62. The fraction of sp³-hybridized carbons (Fsp3) is 0.710. The molecule has 2 rings (SSSR count). The lowest BCUT2D eigenvalue weighted by atomic mass is 10.1. The summed E-state index contributed by atoms with van der Waals surface area (Å²) in [6.45, 7) is 3.69. The summed E-state index contributed by atoms with van der Waals surface area (Å²) in [4.78, 5) is 109. The van der Waals surface area contributed by atoms with Gasteiger partial charge in [0, 0.05) is 104 Å². The van der Waals surface area contributed by atoms with Gasteiger partial charge in [0.1, 0.15) is 0 Å². The van der Waals surface area contributed by atoms with Crippen molar-refractivity contribution in [2.24, 2.45) is 5.73 Å². The molecule has 0 aromatic rings. The molecule has 0 saturated carbocycles. The third-order valence-corrected chi connectivity index (χ3v) is 9.36. The highest BCUT2D eigenvalue weighted by Gasteiger charge is 2.38. The van der Waals surface area contributed by atoms with Gasteiger partial charge in [0.05, 0.1) is 17.1 Å². The summed E-state index contributed by atoms with van der Waals surface area (Å²) in [5, 5.41) is 12.1. The van der Waals surface area contributed by atoms with E-state index in [1.807, 2.05) is 6.92 Å². The van der Waals surface area contributed by atoms with Crippen LogP contribution in [0.25, 0.3) is 0 Å². The monoisotopic (exact) mass is 760 g/mol. The molecule has 9 amide bonds. The molecule has 2 heterocycles. The fourth-order valence-electron chi connectivity index (χ4n) is 4.68. The van der Waals surface area contributed by atoms with Crippen LogP contribution in [0.5, 0.6) is 0 Å². The molecule has 2 atom stereocenters. The quantitative estimate of drug-likeness (QED) is 0.0493.